The number of hydrogen-bond acceptors (Lipinski definition) is 2. The van der Waals surface area contributed by atoms with Crippen LogP contribution in [0, 0.1) is 5.82 Å². The standard InChI is InChI=1S/C9H10FNO2/c1-6(9(11)12)13-8-4-2-7(10)3-5-8/h2-6H,1H3,(H2,11,12)/t6-/m0/s1. The maximum atomic E-state index is 12.4. The van der Waals surface area contributed by atoms with Gasteiger partial charge in [-0.1, -0.05) is 0 Å². The fraction of sp³-hybridized carbons (Fsp3) is 0.222. The van der Waals surface area contributed by atoms with Crippen molar-refractivity contribution in [3.05, 3.63) is 30.1 Å². The van der Waals surface area contributed by atoms with Gasteiger partial charge in [0.15, 0.2) is 6.10 Å². The van der Waals surface area contributed by atoms with Crippen molar-refractivity contribution in [2.75, 3.05) is 0 Å². The van der Waals surface area contributed by atoms with Crippen molar-refractivity contribution >= 4 is 5.91 Å². The zero-order valence-corrected chi connectivity index (χ0v) is 7.16. The van der Waals surface area contributed by atoms with Crippen LogP contribution >= 0.6 is 0 Å². The molecule has 0 bridgehead atoms. The summed E-state index contributed by atoms with van der Waals surface area (Å²) in [7, 11) is 0. The van der Waals surface area contributed by atoms with Gasteiger partial charge in [-0.05, 0) is 31.2 Å². The van der Waals surface area contributed by atoms with Gasteiger partial charge in [-0.25, -0.2) is 4.39 Å². The molecule has 0 fully saturated rings. The predicted molar refractivity (Wildman–Crippen MR) is 45.7 cm³/mol. The Hall–Kier alpha value is -1.58. The number of carbonyl (C=O) groups is 1. The van der Waals surface area contributed by atoms with E-state index in [4.69, 9.17) is 10.5 Å². The van der Waals surface area contributed by atoms with Crippen LogP contribution in [-0.2, 0) is 4.79 Å². The summed E-state index contributed by atoms with van der Waals surface area (Å²) in [6, 6.07) is 5.38. The van der Waals surface area contributed by atoms with E-state index in [1.807, 2.05) is 0 Å². The molecule has 1 aromatic carbocycles. The SMILES string of the molecule is C[C@H](Oc1ccc(F)cc1)C(N)=O. The molecular formula is C9H10FNO2. The van der Waals surface area contributed by atoms with Gasteiger partial charge in [0.05, 0.1) is 0 Å². The first-order valence-electron chi connectivity index (χ1n) is 3.81. The highest BCUT2D eigenvalue weighted by molar-refractivity contribution is 5.78. The lowest BCUT2D eigenvalue weighted by molar-refractivity contribution is -0.123. The maximum absolute atomic E-state index is 12.4. The summed E-state index contributed by atoms with van der Waals surface area (Å²) in [5.41, 5.74) is 4.98. The van der Waals surface area contributed by atoms with Crippen LogP contribution in [0.1, 0.15) is 6.92 Å². The highest BCUT2D eigenvalue weighted by Crippen LogP contribution is 2.12. The first-order chi connectivity index (χ1) is 6.09. The molecule has 0 saturated heterocycles. The van der Waals surface area contributed by atoms with Gasteiger partial charge in [0.25, 0.3) is 5.91 Å². The molecule has 0 radical (unpaired) electrons. The first-order valence-corrected chi connectivity index (χ1v) is 3.81. The molecule has 1 amide bonds. The number of amides is 1. The van der Waals surface area contributed by atoms with Crippen molar-refractivity contribution in [3.63, 3.8) is 0 Å². The van der Waals surface area contributed by atoms with Crippen LogP contribution in [0.25, 0.3) is 0 Å². The number of primary amides is 1. The Morgan fingerprint density at radius 1 is 1.46 bits per heavy atom. The van der Waals surface area contributed by atoms with Crippen molar-refractivity contribution in [2.45, 2.75) is 13.0 Å². The maximum Gasteiger partial charge on any atom is 0.258 e. The molecule has 0 unspecified atom stereocenters. The molecule has 2 N–H and O–H groups in total. The van der Waals surface area contributed by atoms with E-state index in [-0.39, 0.29) is 5.82 Å². The normalized spacial score (nSPS) is 12.2. The largest absolute Gasteiger partial charge is 0.481 e. The van der Waals surface area contributed by atoms with E-state index in [0.717, 1.165) is 0 Å². The Morgan fingerprint density at radius 2 is 2.00 bits per heavy atom. The second kappa shape index (κ2) is 3.89. The molecule has 0 aliphatic heterocycles. The molecule has 70 valence electrons. The van der Waals surface area contributed by atoms with Crippen LogP contribution in [-0.4, -0.2) is 12.0 Å². The summed E-state index contributed by atoms with van der Waals surface area (Å²) in [4.78, 5) is 10.6. The van der Waals surface area contributed by atoms with Crippen LogP contribution < -0.4 is 10.5 Å². The molecule has 13 heavy (non-hydrogen) atoms. The number of ether oxygens (including phenoxy) is 1. The smallest absolute Gasteiger partial charge is 0.258 e. The molecule has 0 aliphatic carbocycles. The lowest BCUT2D eigenvalue weighted by Crippen LogP contribution is -2.30. The summed E-state index contributed by atoms with van der Waals surface area (Å²) in [6.45, 7) is 1.53. The Bertz CT molecular complexity index is 297. The van der Waals surface area contributed by atoms with Crippen LogP contribution in [0.15, 0.2) is 24.3 Å². The molecule has 0 saturated carbocycles. The molecular weight excluding hydrogens is 173 g/mol. The number of nitrogens with two attached hydrogens (primary N) is 1. The van der Waals surface area contributed by atoms with Gasteiger partial charge in [0.1, 0.15) is 11.6 Å². The second-order valence-corrected chi connectivity index (χ2v) is 2.62. The minimum absolute atomic E-state index is 0.348. The van der Waals surface area contributed by atoms with Crippen molar-refractivity contribution in [1.29, 1.82) is 0 Å². The molecule has 1 aromatic rings. The highest BCUT2D eigenvalue weighted by Gasteiger charge is 2.09. The van der Waals surface area contributed by atoms with Gasteiger partial charge in [-0.2, -0.15) is 0 Å². The van der Waals surface area contributed by atoms with Crippen LogP contribution in [0.2, 0.25) is 0 Å². The van der Waals surface area contributed by atoms with Gasteiger partial charge in [-0.3, -0.25) is 4.79 Å². The third-order valence-corrected chi connectivity index (χ3v) is 1.53. The Balaban J connectivity index is 2.64. The molecule has 0 spiro atoms. The van der Waals surface area contributed by atoms with Crippen molar-refractivity contribution in [3.8, 4) is 5.75 Å². The topological polar surface area (TPSA) is 52.3 Å². The highest BCUT2D eigenvalue weighted by atomic mass is 19.1. The van der Waals surface area contributed by atoms with E-state index in [9.17, 15) is 9.18 Å². The Kier molecular flexibility index (Phi) is 2.84. The third kappa shape index (κ3) is 2.74. The summed E-state index contributed by atoms with van der Waals surface area (Å²) in [5.74, 6) is -0.476. The van der Waals surface area contributed by atoms with Gasteiger partial charge < -0.3 is 10.5 Å². The zero-order chi connectivity index (χ0) is 9.84. The minimum Gasteiger partial charge on any atom is -0.481 e. The zero-order valence-electron chi connectivity index (χ0n) is 7.16. The quantitative estimate of drug-likeness (QED) is 0.762. The fourth-order valence-corrected chi connectivity index (χ4v) is 0.775. The molecule has 0 aliphatic rings. The fourth-order valence-electron chi connectivity index (χ4n) is 0.775. The van der Waals surface area contributed by atoms with Crippen molar-refractivity contribution < 1.29 is 13.9 Å². The predicted octanol–water partition coefficient (Wildman–Crippen LogP) is 1.08. The van der Waals surface area contributed by atoms with Crippen LogP contribution in [0.3, 0.4) is 0 Å². The summed E-state index contributed by atoms with van der Waals surface area (Å²) in [5, 5.41) is 0. The lowest BCUT2D eigenvalue weighted by Gasteiger charge is -2.10. The summed E-state index contributed by atoms with van der Waals surface area (Å²) >= 11 is 0. The number of hydrogen-bond donors (Lipinski definition) is 1. The van der Waals surface area contributed by atoms with Crippen LogP contribution in [0.5, 0.6) is 5.75 Å². The molecule has 3 nitrogen and oxygen atoms in total. The van der Waals surface area contributed by atoms with Gasteiger partial charge in [0.2, 0.25) is 0 Å². The molecule has 0 heterocycles. The second-order valence-electron chi connectivity index (χ2n) is 2.62. The molecule has 0 aromatic heterocycles. The Morgan fingerprint density at radius 3 is 2.46 bits per heavy atom. The Labute approximate surface area is 75.3 Å². The van der Waals surface area contributed by atoms with E-state index in [2.05, 4.69) is 0 Å². The molecule has 4 heteroatoms. The van der Waals surface area contributed by atoms with Crippen molar-refractivity contribution in [1.82, 2.24) is 0 Å². The first kappa shape index (κ1) is 9.51. The average molecular weight is 183 g/mol. The number of carbonyl (C=O) groups excluding carboxylic acids is 1. The van der Waals surface area contributed by atoms with E-state index in [1.165, 1.54) is 31.2 Å². The summed E-state index contributed by atoms with van der Waals surface area (Å²) in [6.07, 6.45) is -0.703. The average Bonchev–Trinajstić information content (AvgIpc) is 2.08. The molecule has 1 atom stereocenters. The number of benzene rings is 1. The van der Waals surface area contributed by atoms with Gasteiger partial charge in [0, 0.05) is 0 Å². The summed E-state index contributed by atoms with van der Waals surface area (Å²) < 4.78 is 17.5. The van der Waals surface area contributed by atoms with Crippen molar-refractivity contribution in [2.24, 2.45) is 5.73 Å². The number of halogens is 1. The van der Waals surface area contributed by atoms with Gasteiger partial charge in [-0.15, -0.1) is 0 Å². The van der Waals surface area contributed by atoms with E-state index in [0.29, 0.717) is 5.75 Å². The minimum atomic E-state index is -0.703. The van der Waals surface area contributed by atoms with Gasteiger partial charge >= 0.3 is 0 Å². The van der Waals surface area contributed by atoms with E-state index < -0.39 is 12.0 Å². The van der Waals surface area contributed by atoms with E-state index >= 15 is 0 Å². The monoisotopic (exact) mass is 183 g/mol. The number of rotatable bonds is 3. The van der Waals surface area contributed by atoms with E-state index in [1.54, 1.807) is 0 Å². The molecule has 1 rings (SSSR count). The lowest BCUT2D eigenvalue weighted by atomic mass is 10.3. The third-order valence-electron chi connectivity index (χ3n) is 1.53. The van der Waals surface area contributed by atoms with Crippen LogP contribution in [0.4, 0.5) is 4.39 Å².